The number of nitrogens with zero attached hydrogens (tertiary/aromatic N) is 1. The molecule has 0 amide bonds. The number of nitrogens with one attached hydrogen (secondary N) is 1. The van der Waals surface area contributed by atoms with E-state index < -0.39 is 22.1 Å². The molecule has 0 saturated carbocycles. The second-order valence-electron chi connectivity index (χ2n) is 4.83. The highest BCUT2D eigenvalue weighted by molar-refractivity contribution is 7.87. The quantitative estimate of drug-likeness (QED) is 0.722. The van der Waals surface area contributed by atoms with Gasteiger partial charge in [0.15, 0.2) is 0 Å². The molecule has 0 aliphatic rings. The Balaban J connectivity index is 2.72. The number of carboxylic acid groups (broad SMARTS) is 1. The zero-order valence-electron chi connectivity index (χ0n) is 12.3. The molecule has 0 heterocycles. The zero-order chi connectivity index (χ0) is 15.9. The summed E-state index contributed by atoms with van der Waals surface area (Å²) in [5.41, 5.74) is 0.573. The lowest BCUT2D eigenvalue weighted by Crippen LogP contribution is -2.41. The maximum absolute atomic E-state index is 12.0. The first-order valence-electron chi connectivity index (χ1n) is 6.87. The number of carboxylic acids is 1. The first-order chi connectivity index (χ1) is 9.88. The molecule has 6 nitrogen and oxygen atoms in total. The van der Waals surface area contributed by atoms with Gasteiger partial charge in [-0.15, -0.1) is 0 Å². The van der Waals surface area contributed by atoms with E-state index in [9.17, 15) is 18.3 Å². The van der Waals surface area contributed by atoms with Gasteiger partial charge in [0, 0.05) is 20.1 Å². The van der Waals surface area contributed by atoms with Crippen LogP contribution in [0.5, 0.6) is 0 Å². The summed E-state index contributed by atoms with van der Waals surface area (Å²) in [6, 6.07) is 8.59. The summed E-state index contributed by atoms with van der Waals surface area (Å²) in [7, 11) is -2.17. The smallest absolute Gasteiger partial charge is 0.312 e. The molecular formula is C14H22N2O4S. The molecule has 7 heteroatoms. The molecule has 21 heavy (non-hydrogen) atoms. The fourth-order valence-electron chi connectivity index (χ4n) is 1.83. The molecule has 0 fully saturated rings. The van der Waals surface area contributed by atoms with Crippen LogP contribution in [0.1, 0.15) is 31.2 Å². The molecular weight excluding hydrogens is 292 g/mol. The van der Waals surface area contributed by atoms with E-state index >= 15 is 0 Å². The number of benzene rings is 1. The van der Waals surface area contributed by atoms with E-state index in [0.29, 0.717) is 12.1 Å². The van der Waals surface area contributed by atoms with E-state index in [0.717, 1.165) is 12.8 Å². The Labute approximate surface area is 126 Å². The minimum atomic E-state index is -3.65. The first kappa shape index (κ1) is 17.6. The van der Waals surface area contributed by atoms with Crippen molar-refractivity contribution in [2.24, 2.45) is 0 Å². The summed E-state index contributed by atoms with van der Waals surface area (Å²) in [4.78, 5) is 11.3. The summed E-state index contributed by atoms with van der Waals surface area (Å²) in [6.45, 7) is 2.22. The van der Waals surface area contributed by atoms with Gasteiger partial charge in [-0.2, -0.15) is 12.7 Å². The molecule has 1 rings (SSSR count). The van der Waals surface area contributed by atoms with Crippen LogP contribution >= 0.6 is 0 Å². The average Bonchev–Trinajstić information content (AvgIpc) is 2.45. The molecule has 0 saturated heterocycles. The van der Waals surface area contributed by atoms with E-state index in [1.807, 2.05) is 6.92 Å². The molecule has 0 aromatic heterocycles. The molecule has 0 bridgehead atoms. The van der Waals surface area contributed by atoms with Crippen molar-refractivity contribution in [3.8, 4) is 0 Å². The monoisotopic (exact) mass is 314 g/mol. The van der Waals surface area contributed by atoms with Gasteiger partial charge in [-0.05, 0) is 12.0 Å². The van der Waals surface area contributed by atoms with E-state index in [4.69, 9.17) is 0 Å². The number of hydrogen-bond donors (Lipinski definition) is 2. The molecule has 0 spiro atoms. The van der Waals surface area contributed by atoms with Gasteiger partial charge >= 0.3 is 5.97 Å². The van der Waals surface area contributed by atoms with Gasteiger partial charge in [0.1, 0.15) is 0 Å². The third kappa shape index (κ3) is 5.45. The first-order valence-corrected chi connectivity index (χ1v) is 8.31. The van der Waals surface area contributed by atoms with E-state index in [2.05, 4.69) is 4.72 Å². The minimum absolute atomic E-state index is 0.169. The fourth-order valence-corrected chi connectivity index (χ4v) is 2.80. The summed E-state index contributed by atoms with van der Waals surface area (Å²) in [5, 5.41) is 9.26. The lowest BCUT2D eigenvalue weighted by atomic mass is 10.00. The highest BCUT2D eigenvalue weighted by Crippen LogP contribution is 2.15. The Bertz CT molecular complexity index is 545. The van der Waals surface area contributed by atoms with Crippen molar-refractivity contribution in [3.05, 3.63) is 35.9 Å². The van der Waals surface area contributed by atoms with Crippen molar-refractivity contribution in [1.82, 2.24) is 9.03 Å². The van der Waals surface area contributed by atoms with Crippen LogP contribution < -0.4 is 4.72 Å². The van der Waals surface area contributed by atoms with Gasteiger partial charge in [0.2, 0.25) is 0 Å². The molecule has 1 unspecified atom stereocenters. The van der Waals surface area contributed by atoms with Crippen LogP contribution in [-0.4, -0.2) is 43.9 Å². The molecule has 0 aliphatic carbocycles. The zero-order valence-corrected chi connectivity index (χ0v) is 13.1. The summed E-state index contributed by atoms with van der Waals surface area (Å²) in [6.07, 6.45) is 1.65. The summed E-state index contributed by atoms with van der Waals surface area (Å²) < 4.78 is 27.6. The normalized spacial score (nSPS) is 13.3. The predicted molar refractivity (Wildman–Crippen MR) is 81.3 cm³/mol. The number of unbranched alkanes of at least 4 members (excludes halogenated alkanes) is 1. The van der Waals surface area contributed by atoms with Crippen LogP contribution in [0, 0.1) is 0 Å². The van der Waals surface area contributed by atoms with Gasteiger partial charge in [-0.25, -0.2) is 4.72 Å². The lowest BCUT2D eigenvalue weighted by molar-refractivity contribution is -0.138. The second-order valence-corrected chi connectivity index (χ2v) is 6.69. The van der Waals surface area contributed by atoms with Crippen LogP contribution in [0.3, 0.4) is 0 Å². The number of rotatable bonds is 9. The van der Waals surface area contributed by atoms with E-state index in [1.54, 1.807) is 30.3 Å². The van der Waals surface area contributed by atoms with Crippen molar-refractivity contribution >= 4 is 16.2 Å². The second kappa shape index (κ2) is 8.11. The largest absolute Gasteiger partial charge is 0.481 e. The molecule has 0 radical (unpaired) electrons. The highest BCUT2D eigenvalue weighted by Gasteiger charge is 2.24. The van der Waals surface area contributed by atoms with Crippen LogP contribution in [0.15, 0.2) is 30.3 Å². The standard InChI is InChI=1S/C14H22N2O4S/c1-3-4-10-16(2)21(19,20)15-11-13(14(17)18)12-8-6-5-7-9-12/h5-9,13,15H,3-4,10-11H2,1-2H3,(H,17,18). The third-order valence-corrected chi connectivity index (χ3v) is 4.74. The van der Waals surface area contributed by atoms with Crippen molar-refractivity contribution in [1.29, 1.82) is 0 Å². The van der Waals surface area contributed by atoms with Crippen molar-refractivity contribution in [2.75, 3.05) is 20.1 Å². The minimum Gasteiger partial charge on any atom is -0.481 e. The Morgan fingerprint density at radius 1 is 1.33 bits per heavy atom. The molecule has 118 valence electrons. The Morgan fingerprint density at radius 3 is 2.48 bits per heavy atom. The molecule has 2 N–H and O–H groups in total. The van der Waals surface area contributed by atoms with Crippen LogP contribution in [-0.2, 0) is 15.0 Å². The number of aliphatic carboxylic acids is 1. The summed E-state index contributed by atoms with van der Waals surface area (Å²) in [5.74, 6) is -1.96. The van der Waals surface area contributed by atoms with Crippen molar-refractivity contribution in [2.45, 2.75) is 25.7 Å². The molecule has 1 atom stereocenters. The van der Waals surface area contributed by atoms with Crippen LogP contribution in [0.4, 0.5) is 0 Å². The molecule has 1 aromatic carbocycles. The summed E-state index contributed by atoms with van der Waals surface area (Å²) >= 11 is 0. The Morgan fingerprint density at radius 2 is 1.95 bits per heavy atom. The Kier molecular flexibility index (Phi) is 6.80. The van der Waals surface area contributed by atoms with Gasteiger partial charge < -0.3 is 5.11 Å². The molecule has 1 aromatic rings. The van der Waals surface area contributed by atoms with Crippen molar-refractivity contribution < 1.29 is 18.3 Å². The van der Waals surface area contributed by atoms with E-state index in [-0.39, 0.29) is 6.54 Å². The maximum atomic E-state index is 12.0. The van der Waals surface area contributed by atoms with E-state index in [1.165, 1.54) is 11.4 Å². The number of carbonyl (C=O) groups is 1. The Hall–Kier alpha value is -1.44. The molecule has 0 aliphatic heterocycles. The van der Waals surface area contributed by atoms with Gasteiger partial charge in [-0.1, -0.05) is 43.7 Å². The van der Waals surface area contributed by atoms with Crippen molar-refractivity contribution in [3.63, 3.8) is 0 Å². The number of hydrogen-bond acceptors (Lipinski definition) is 3. The fraction of sp³-hybridized carbons (Fsp3) is 0.500. The maximum Gasteiger partial charge on any atom is 0.312 e. The van der Waals surface area contributed by atoms with Crippen LogP contribution in [0.25, 0.3) is 0 Å². The van der Waals surface area contributed by atoms with Crippen LogP contribution in [0.2, 0.25) is 0 Å². The van der Waals surface area contributed by atoms with Gasteiger partial charge in [-0.3, -0.25) is 4.79 Å². The topological polar surface area (TPSA) is 86.7 Å². The lowest BCUT2D eigenvalue weighted by Gasteiger charge is -2.19. The third-order valence-electron chi connectivity index (χ3n) is 3.21. The average molecular weight is 314 g/mol. The predicted octanol–water partition coefficient (Wildman–Crippen LogP) is 1.42. The van der Waals surface area contributed by atoms with Gasteiger partial charge in [0.05, 0.1) is 5.92 Å². The highest BCUT2D eigenvalue weighted by atomic mass is 32.2. The SMILES string of the molecule is CCCCN(C)S(=O)(=O)NCC(C(=O)O)c1ccccc1. The van der Waals surface area contributed by atoms with Gasteiger partial charge in [0.25, 0.3) is 10.2 Å².